The lowest BCUT2D eigenvalue weighted by molar-refractivity contribution is -0.384. The average Bonchev–Trinajstić information content (AvgIpc) is 3.02. The number of aromatic nitrogens is 1. The molecular formula is C16H13N3O4S2. The minimum absolute atomic E-state index is 0.0782. The topological polar surface area (TPSA) is 94.4 Å². The number of nitro groups is 1. The third-order valence-corrected chi connectivity index (χ3v) is 5.16. The van der Waals surface area contributed by atoms with Crippen molar-refractivity contribution in [2.75, 3.05) is 18.2 Å². The maximum atomic E-state index is 12.1. The Morgan fingerprint density at radius 3 is 2.80 bits per heavy atom. The predicted octanol–water partition coefficient (Wildman–Crippen LogP) is 3.94. The molecule has 0 saturated carbocycles. The van der Waals surface area contributed by atoms with E-state index in [-0.39, 0.29) is 17.3 Å². The van der Waals surface area contributed by atoms with Gasteiger partial charge >= 0.3 is 0 Å². The van der Waals surface area contributed by atoms with Gasteiger partial charge in [-0.15, -0.1) is 11.8 Å². The summed E-state index contributed by atoms with van der Waals surface area (Å²) in [6, 6.07) is 12.3. The fourth-order valence-electron chi connectivity index (χ4n) is 2.12. The second kappa shape index (κ2) is 7.49. The number of non-ortho nitro benzene ring substituents is 1. The van der Waals surface area contributed by atoms with Gasteiger partial charge in [0.15, 0.2) is 10.9 Å². The molecule has 0 atom stereocenters. The van der Waals surface area contributed by atoms with Gasteiger partial charge in [0, 0.05) is 11.0 Å². The van der Waals surface area contributed by atoms with Crippen LogP contribution in [-0.4, -0.2) is 28.7 Å². The van der Waals surface area contributed by atoms with Crippen LogP contribution in [0.25, 0.3) is 10.2 Å². The first kappa shape index (κ1) is 17.2. The lowest BCUT2D eigenvalue weighted by Crippen LogP contribution is -2.13. The number of nitrogens with zero attached hydrogens (tertiary/aromatic N) is 2. The normalized spacial score (nSPS) is 10.6. The Morgan fingerprint density at radius 1 is 1.36 bits per heavy atom. The number of carbonyl (C=O) groups excluding carboxylic acids is 1. The van der Waals surface area contributed by atoms with E-state index in [0.717, 1.165) is 4.90 Å². The van der Waals surface area contributed by atoms with E-state index in [2.05, 4.69) is 10.3 Å². The molecule has 1 aromatic heterocycles. The molecule has 2 aromatic carbocycles. The number of thioether (sulfide) groups is 1. The Kier molecular flexibility index (Phi) is 5.15. The van der Waals surface area contributed by atoms with Crippen LogP contribution in [0, 0.1) is 10.1 Å². The number of methoxy groups -OCH3 is 1. The summed E-state index contributed by atoms with van der Waals surface area (Å²) in [4.78, 5) is 27.9. The Labute approximate surface area is 151 Å². The van der Waals surface area contributed by atoms with E-state index in [1.165, 1.54) is 42.3 Å². The number of hydrogen-bond acceptors (Lipinski definition) is 7. The van der Waals surface area contributed by atoms with Crippen LogP contribution in [0.3, 0.4) is 0 Å². The van der Waals surface area contributed by atoms with Crippen LogP contribution in [0.1, 0.15) is 0 Å². The summed E-state index contributed by atoms with van der Waals surface area (Å²) in [5.74, 6) is 0.359. The van der Waals surface area contributed by atoms with Crippen LogP contribution < -0.4 is 10.1 Å². The highest BCUT2D eigenvalue weighted by molar-refractivity contribution is 8.00. The second-order valence-corrected chi connectivity index (χ2v) is 7.00. The van der Waals surface area contributed by atoms with E-state index in [0.29, 0.717) is 21.1 Å². The van der Waals surface area contributed by atoms with Gasteiger partial charge in [-0.1, -0.05) is 29.5 Å². The Morgan fingerprint density at radius 2 is 2.12 bits per heavy atom. The number of nitrogens with one attached hydrogen (secondary N) is 1. The van der Waals surface area contributed by atoms with E-state index in [9.17, 15) is 14.9 Å². The van der Waals surface area contributed by atoms with Gasteiger partial charge in [0.05, 0.1) is 28.6 Å². The second-order valence-electron chi connectivity index (χ2n) is 4.92. The predicted molar refractivity (Wildman–Crippen MR) is 98.6 cm³/mol. The van der Waals surface area contributed by atoms with E-state index >= 15 is 0 Å². The van der Waals surface area contributed by atoms with Gasteiger partial charge < -0.3 is 10.1 Å². The minimum Gasteiger partial charge on any atom is -0.494 e. The number of anilines is 1. The number of rotatable bonds is 6. The summed E-state index contributed by atoms with van der Waals surface area (Å²) in [7, 11) is 1.42. The highest BCUT2D eigenvalue weighted by atomic mass is 32.2. The molecule has 0 saturated heterocycles. The number of ether oxygens (including phenoxy) is 1. The summed E-state index contributed by atoms with van der Waals surface area (Å²) < 4.78 is 5.75. The summed E-state index contributed by atoms with van der Waals surface area (Å²) in [6.07, 6.45) is 0. The van der Waals surface area contributed by atoms with Crippen LogP contribution in [-0.2, 0) is 4.79 Å². The third kappa shape index (κ3) is 4.06. The maximum absolute atomic E-state index is 12.1. The molecule has 0 aliphatic heterocycles. The average molecular weight is 375 g/mol. The zero-order valence-corrected chi connectivity index (χ0v) is 14.7. The van der Waals surface area contributed by atoms with Crippen molar-refractivity contribution in [2.24, 2.45) is 0 Å². The third-order valence-electron chi connectivity index (χ3n) is 3.23. The lowest BCUT2D eigenvalue weighted by Gasteiger charge is -2.01. The van der Waals surface area contributed by atoms with Gasteiger partial charge in [-0.05, 0) is 12.1 Å². The first-order valence-electron chi connectivity index (χ1n) is 7.17. The van der Waals surface area contributed by atoms with Gasteiger partial charge in [0.25, 0.3) is 5.69 Å². The van der Waals surface area contributed by atoms with Crippen LogP contribution >= 0.6 is 23.1 Å². The summed E-state index contributed by atoms with van der Waals surface area (Å²) in [5, 5.41) is 14.1. The SMILES string of the molecule is COc1cc([N+](=O)[O-])cc2sc(NC(=O)CSc3ccccc3)nc12. The molecule has 1 heterocycles. The maximum Gasteiger partial charge on any atom is 0.274 e. The first-order valence-corrected chi connectivity index (χ1v) is 8.97. The summed E-state index contributed by atoms with van der Waals surface area (Å²) in [5.41, 5.74) is 0.412. The van der Waals surface area contributed by atoms with Crippen LogP contribution in [0.2, 0.25) is 0 Å². The standard InChI is InChI=1S/C16H13N3O4S2/c1-23-12-7-10(19(21)22)8-13-15(12)18-16(25-13)17-14(20)9-24-11-5-3-2-4-6-11/h2-8H,9H2,1H3,(H,17,18,20). The van der Waals surface area contributed by atoms with Crippen LogP contribution in [0.15, 0.2) is 47.4 Å². The van der Waals surface area contributed by atoms with E-state index in [1.54, 1.807) is 0 Å². The van der Waals surface area contributed by atoms with E-state index in [4.69, 9.17) is 4.74 Å². The van der Waals surface area contributed by atoms with Crippen LogP contribution in [0.4, 0.5) is 10.8 Å². The van der Waals surface area contributed by atoms with Crippen molar-refractivity contribution in [2.45, 2.75) is 4.90 Å². The zero-order chi connectivity index (χ0) is 17.8. The number of amides is 1. The highest BCUT2D eigenvalue weighted by Crippen LogP contribution is 2.36. The molecular weight excluding hydrogens is 362 g/mol. The quantitative estimate of drug-likeness (QED) is 0.398. The molecule has 3 aromatic rings. The Bertz CT molecular complexity index is 928. The lowest BCUT2D eigenvalue weighted by atomic mass is 10.3. The largest absolute Gasteiger partial charge is 0.494 e. The van der Waals surface area contributed by atoms with Crippen molar-refractivity contribution in [1.82, 2.24) is 4.98 Å². The molecule has 0 aliphatic carbocycles. The molecule has 0 bridgehead atoms. The molecule has 128 valence electrons. The first-order chi connectivity index (χ1) is 12.1. The van der Waals surface area contributed by atoms with Gasteiger partial charge in [0.1, 0.15) is 5.52 Å². The number of carbonyl (C=O) groups is 1. The smallest absolute Gasteiger partial charge is 0.274 e. The highest BCUT2D eigenvalue weighted by Gasteiger charge is 2.17. The number of thiazole rings is 1. The van der Waals surface area contributed by atoms with E-state index < -0.39 is 4.92 Å². The van der Waals surface area contributed by atoms with Crippen LogP contribution in [0.5, 0.6) is 5.75 Å². The number of benzene rings is 2. The van der Waals surface area contributed by atoms with Crippen molar-refractivity contribution in [3.05, 3.63) is 52.6 Å². The molecule has 3 rings (SSSR count). The fourth-order valence-corrected chi connectivity index (χ4v) is 3.77. The molecule has 1 amide bonds. The molecule has 25 heavy (non-hydrogen) atoms. The van der Waals surface area contributed by atoms with Crippen molar-refractivity contribution >= 4 is 50.0 Å². The molecule has 0 aliphatic rings. The summed E-state index contributed by atoms with van der Waals surface area (Å²) in [6.45, 7) is 0. The van der Waals surface area contributed by atoms with Gasteiger partial charge in [0.2, 0.25) is 5.91 Å². The Balaban J connectivity index is 1.75. The van der Waals surface area contributed by atoms with Crippen molar-refractivity contribution < 1.29 is 14.5 Å². The minimum atomic E-state index is -0.490. The van der Waals surface area contributed by atoms with Gasteiger partial charge in [-0.25, -0.2) is 4.98 Å². The molecule has 0 radical (unpaired) electrons. The molecule has 9 heteroatoms. The molecule has 7 nitrogen and oxygen atoms in total. The fraction of sp³-hybridized carbons (Fsp3) is 0.125. The molecule has 1 N–H and O–H groups in total. The summed E-state index contributed by atoms with van der Waals surface area (Å²) >= 11 is 2.59. The molecule has 0 fully saturated rings. The number of hydrogen-bond donors (Lipinski definition) is 1. The van der Waals surface area contributed by atoms with Crippen molar-refractivity contribution in [3.8, 4) is 5.75 Å². The van der Waals surface area contributed by atoms with E-state index in [1.807, 2.05) is 30.3 Å². The monoisotopic (exact) mass is 375 g/mol. The number of nitro benzene ring substituents is 1. The zero-order valence-electron chi connectivity index (χ0n) is 13.1. The molecule has 0 unspecified atom stereocenters. The van der Waals surface area contributed by atoms with Gasteiger partial charge in [-0.3, -0.25) is 14.9 Å². The molecule has 0 spiro atoms. The van der Waals surface area contributed by atoms with Crippen molar-refractivity contribution in [1.29, 1.82) is 0 Å². The van der Waals surface area contributed by atoms with Gasteiger partial charge in [-0.2, -0.15) is 0 Å². The number of fused-ring (bicyclic) bond motifs is 1. The van der Waals surface area contributed by atoms with Crippen molar-refractivity contribution in [3.63, 3.8) is 0 Å². The Hall–Kier alpha value is -2.65.